The molecule has 2 saturated carbocycles. The minimum atomic E-state index is -0.627. The van der Waals surface area contributed by atoms with Crippen LogP contribution in [0, 0.1) is 16.2 Å². The molecule has 0 heterocycles. The number of anilines is 1. The Balaban J connectivity index is 1.86. The van der Waals surface area contributed by atoms with Crippen LogP contribution >= 0.6 is 0 Å². The van der Waals surface area contributed by atoms with Gasteiger partial charge in [-0.3, -0.25) is 14.4 Å². The third-order valence-corrected chi connectivity index (χ3v) is 6.69. The molecule has 1 aromatic carbocycles. The quantitative estimate of drug-likeness (QED) is 0.867. The summed E-state index contributed by atoms with van der Waals surface area (Å²) in [4.78, 5) is 36.7. The summed E-state index contributed by atoms with van der Waals surface area (Å²) in [5.41, 5.74) is -0.0920. The van der Waals surface area contributed by atoms with Crippen molar-refractivity contribution in [3.8, 4) is 0 Å². The number of carbonyl (C=O) groups is 3. The fourth-order valence-electron chi connectivity index (χ4n) is 4.40. The van der Waals surface area contributed by atoms with E-state index in [1.165, 1.54) is 6.92 Å². The summed E-state index contributed by atoms with van der Waals surface area (Å²) in [6.45, 7) is 7.60. The van der Waals surface area contributed by atoms with Gasteiger partial charge in [0, 0.05) is 23.1 Å². The van der Waals surface area contributed by atoms with Gasteiger partial charge in [-0.1, -0.05) is 20.8 Å². The Kier molecular flexibility index (Phi) is 3.29. The van der Waals surface area contributed by atoms with Crippen molar-refractivity contribution in [2.45, 2.75) is 47.0 Å². The first-order chi connectivity index (χ1) is 10.6. The average Bonchev–Trinajstić information content (AvgIpc) is 2.78. The first kappa shape index (κ1) is 15.9. The zero-order valence-electron chi connectivity index (χ0n) is 14.2. The summed E-state index contributed by atoms with van der Waals surface area (Å²) in [5, 5.41) is 2.96. The maximum Gasteiger partial charge on any atom is 0.231 e. The highest BCUT2D eigenvalue weighted by Gasteiger charge is 2.72. The summed E-state index contributed by atoms with van der Waals surface area (Å²) < 4.78 is 0. The second kappa shape index (κ2) is 4.76. The maximum absolute atomic E-state index is 13.0. The number of fused-ring (bicyclic) bond motifs is 2. The third-order valence-electron chi connectivity index (χ3n) is 6.69. The van der Waals surface area contributed by atoms with Gasteiger partial charge in [0.15, 0.2) is 5.78 Å². The van der Waals surface area contributed by atoms with Gasteiger partial charge >= 0.3 is 0 Å². The van der Waals surface area contributed by atoms with E-state index in [-0.39, 0.29) is 22.9 Å². The smallest absolute Gasteiger partial charge is 0.231 e. The van der Waals surface area contributed by atoms with Crippen LogP contribution < -0.4 is 5.32 Å². The highest BCUT2D eigenvalue weighted by Crippen LogP contribution is 2.70. The van der Waals surface area contributed by atoms with Crippen LogP contribution in [0.1, 0.15) is 57.3 Å². The molecule has 0 saturated heterocycles. The molecular formula is C19H23NO3. The minimum absolute atomic E-state index is 0.00412. The fraction of sp³-hybridized carbons (Fsp3) is 0.526. The van der Waals surface area contributed by atoms with Gasteiger partial charge < -0.3 is 5.32 Å². The number of Topliss-reactive ketones (excluding diaryl/α,β-unsaturated/α-hetero) is 2. The van der Waals surface area contributed by atoms with Crippen LogP contribution in [0.2, 0.25) is 0 Å². The molecule has 4 heteroatoms. The highest BCUT2D eigenvalue weighted by molar-refractivity contribution is 6.04. The van der Waals surface area contributed by atoms with E-state index in [1.54, 1.807) is 24.3 Å². The van der Waals surface area contributed by atoms with Crippen LogP contribution in [0.3, 0.4) is 0 Å². The molecule has 1 amide bonds. The second-order valence-corrected chi connectivity index (χ2v) is 7.73. The van der Waals surface area contributed by atoms with Crippen LogP contribution in [-0.2, 0) is 9.59 Å². The molecule has 0 spiro atoms. The Hall–Kier alpha value is -1.97. The zero-order chi connectivity index (χ0) is 17.0. The zero-order valence-corrected chi connectivity index (χ0v) is 14.2. The molecule has 2 aliphatic rings. The second-order valence-electron chi connectivity index (χ2n) is 7.73. The number of rotatable bonds is 3. The Bertz CT molecular complexity index is 704. The van der Waals surface area contributed by atoms with Crippen LogP contribution in [-0.4, -0.2) is 17.5 Å². The van der Waals surface area contributed by atoms with Crippen molar-refractivity contribution < 1.29 is 14.4 Å². The van der Waals surface area contributed by atoms with E-state index < -0.39 is 10.8 Å². The van der Waals surface area contributed by atoms with E-state index in [2.05, 4.69) is 5.32 Å². The molecule has 2 bridgehead atoms. The highest BCUT2D eigenvalue weighted by atomic mass is 16.2. The van der Waals surface area contributed by atoms with Gasteiger partial charge in [0.05, 0.1) is 5.41 Å². The lowest BCUT2D eigenvalue weighted by Crippen LogP contribution is -2.43. The molecule has 3 rings (SSSR count). The predicted molar refractivity (Wildman–Crippen MR) is 88.3 cm³/mol. The van der Waals surface area contributed by atoms with Crippen molar-refractivity contribution in [3.63, 3.8) is 0 Å². The maximum atomic E-state index is 13.0. The van der Waals surface area contributed by atoms with E-state index in [1.807, 2.05) is 20.8 Å². The molecule has 1 N–H and O–H groups in total. The van der Waals surface area contributed by atoms with E-state index in [4.69, 9.17) is 0 Å². The molecule has 2 atom stereocenters. The fourth-order valence-corrected chi connectivity index (χ4v) is 4.40. The Morgan fingerprint density at radius 2 is 1.65 bits per heavy atom. The first-order valence-electron chi connectivity index (χ1n) is 8.10. The van der Waals surface area contributed by atoms with Crippen molar-refractivity contribution in [2.24, 2.45) is 16.2 Å². The largest absolute Gasteiger partial charge is 0.326 e. The van der Waals surface area contributed by atoms with Crippen molar-refractivity contribution in [3.05, 3.63) is 29.8 Å². The molecule has 23 heavy (non-hydrogen) atoms. The van der Waals surface area contributed by atoms with Crippen molar-refractivity contribution in [2.75, 3.05) is 5.32 Å². The number of amides is 1. The molecule has 0 radical (unpaired) electrons. The van der Waals surface area contributed by atoms with E-state index in [9.17, 15) is 14.4 Å². The summed E-state index contributed by atoms with van der Waals surface area (Å²) in [6.07, 6.45) is 1.85. The van der Waals surface area contributed by atoms with Gasteiger partial charge in [-0.15, -0.1) is 0 Å². The average molecular weight is 313 g/mol. The molecule has 4 nitrogen and oxygen atoms in total. The van der Waals surface area contributed by atoms with Gasteiger partial charge in [0.25, 0.3) is 0 Å². The van der Waals surface area contributed by atoms with E-state index in [0.29, 0.717) is 17.7 Å². The predicted octanol–water partition coefficient (Wildman–Crippen LogP) is 3.61. The SMILES string of the molecule is CC(=O)c1ccc(NC(=O)C23CCC(C)(C(=O)C2)C3(C)C)cc1. The molecular weight excluding hydrogens is 290 g/mol. The van der Waals surface area contributed by atoms with E-state index in [0.717, 1.165) is 12.8 Å². The lowest BCUT2D eigenvalue weighted by Gasteiger charge is -2.38. The van der Waals surface area contributed by atoms with Gasteiger partial charge in [-0.2, -0.15) is 0 Å². The van der Waals surface area contributed by atoms with Crippen LogP contribution in [0.4, 0.5) is 5.69 Å². The van der Waals surface area contributed by atoms with Crippen LogP contribution in [0.15, 0.2) is 24.3 Å². The summed E-state index contributed by atoms with van der Waals surface area (Å²) in [6, 6.07) is 6.89. The van der Waals surface area contributed by atoms with Gasteiger partial charge in [-0.25, -0.2) is 0 Å². The Morgan fingerprint density at radius 1 is 1.04 bits per heavy atom. The lowest BCUT2D eigenvalue weighted by molar-refractivity contribution is -0.131. The number of nitrogens with one attached hydrogen (secondary N) is 1. The Morgan fingerprint density at radius 3 is 2.09 bits per heavy atom. The monoisotopic (exact) mass is 313 g/mol. The number of benzene rings is 1. The molecule has 1 aromatic rings. The topological polar surface area (TPSA) is 63.2 Å². The molecule has 2 aliphatic carbocycles. The molecule has 0 aromatic heterocycles. The first-order valence-corrected chi connectivity index (χ1v) is 8.10. The molecule has 2 fully saturated rings. The van der Waals surface area contributed by atoms with Crippen molar-refractivity contribution >= 4 is 23.2 Å². The van der Waals surface area contributed by atoms with E-state index >= 15 is 0 Å². The third kappa shape index (κ3) is 1.93. The minimum Gasteiger partial charge on any atom is -0.326 e. The summed E-state index contributed by atoms with van der Waals surface area (Å²) >= 11 is 0. The summed E-state index contributed by atoms with van der Waals surface area (Å²) in [7, 11) is 0. The summed E-state index contributed by atoms with van der Waals surface area (Å²) in [5.74, 6) is 0.124. The normalized spacial score (nSPS) is 31.2. The van der Waals surface area contributed by atoms with Crippen molar-refractivity contribution in [1.82, 2.24) is 0 Å². The number of ketones is 2. The number of carbonyl (C=O) groups excluding carboxylic acids is 3. The van der Waals surface area contributed by atoms with Gasteiger partial charge in [0.2, 0.25) is 5.91 Å². The molecule has 2 unspecified atom stereocenters. The number of hydrogen-bond acceptors (Lipinski definition) is 3. The van der Waals surface area contributed by atoms with Crippen LogP contribution in [0.25, 0.3) is 0 Å². The van der Waals surface area contributed by atoms with Crippen LogP contribution in [0.5, 0.6) is 0 Å². The van der Waals surface area contributed by atoms with Gasteiger partial charge in [0.1, 0.15) is 5.78 Å². The van der Waals surface area contributed by atoms with Gasteiger partial charge in [-0.05, 0) is 49.4 Å². The molecule has 122 valence electrons. The number of hydrogen-bond donors (Lipinski definition) is 1. The standard InChI is InChI=1S/C19H23NO3/c1-12(21)13-5-7-14(8-6-13)20-16(23)19-10-9-18(4,15(22)11-19)17(19,2)3/h5-8H,9-11H2,1-4H3,(H,20,23). The Labute approximate surface area is 136 Å². The molecule has 0 aliphatic heterocycles. The van der Waals surface area contributed by atoms with Crippen molar-refractivity contribution in [1.29, 1.82) is 0 Å². The lowest BCUT2D eigenvalue weighted by atomic mass is 9.64.